The van der Waals surface area contributed by atoms with Crippen molar-refractivity contribution in [1.29, 1.82) is 0 Å². The highest BCUT2D eigenvalue weighted by Crippen LogP contribution is 2.40. The van der Waals surface area contributed by atoms with Gasteiger partial charge < -0.3 is 9.80 Å². The average Bonchev–Trinajstić information content (AvgIpc) is 4.15. The molecule has 8 nitrogen and oxygen atoms in total. The number of benzene rings is 5. The minimum absolute atomic E-state index is 0.0301. The van der Waals surface area contributed by atoms with Crippen molar-refractivity contribution in [1.82, 2.24) is 19.8 Å². The number of rotatable bonds is 12. The lowest BCUT2D eigenvalue weighted by atomic mass is 9.98. The number of hydrogen-bond donors (Lipinski definition) is 0. The zero-order valence-corrected chi connectivity index (χ0v) is 35.3. The fourth-order valence-electron chi connectivity index (χ4n) is 8.39. The smallest absolute Gasteiger partial charge is 0.249 e. The van der Waals surface area contributed by atoms with Gasteiger partial charge in [-0.2, -0.15) is 0 Å². The van der Waals surface area contributed by atoms with E-state index in [4.69, 9.17) is 9.97 Å². The molecule has 3 atom stereocenters. The van der Waals surface area contributed by atoms with Crippen LogP contribution in [0.5, 0.6) is 0 Å². The first-order valence-electron chi connectivity index (χ1n) is 20.9. The fraction of sp³-hybridized carbons (Fsp3) is 0.216. The van der Waals surface area contributed by atoms with E-state index in [-0.39, 0.29) is 36.2 Å². The second kappa shape index (κ2) is 18.5. The van der Waals surface area contributed by atoms with E-state index in [1.54, 1.807) is 22.7 Å². The largest absolute Gasteiger partial charge is 0.333 e. The number of carbonyl (C=O) groups excluding carboxylic acids is 3. The Morgan fingerprint density at radius 3 is 1.59 bits per heavy atom. The van der Waals surface area contributed by atoms with Gasteiger partial charge in [0.15, 0.2) is 0 Å². The zero-order valence-electron chi connectivity index (χ0n) is 33.7. The predicted octanol–water partition coefficient (Wildman–Crippen LogP) is 10.8. The lowest BCUT2D eigenvalue weighted by Crippen LogP contribution is -2.35. The van der Waals surface area contributed by atoms with E-state index in [1.807, 2.05) is 113 Å². The molecule has 304 valence electrons. The average molecular weight is 840 g/mol. The van der Waals surface area contributed by atoms with Crippen molar-refractivity contribution in [2.24, 2.45) is 4.99 Å². The molecule has 2 fully saturated rings. The van der Waals surface area contributed by atoms with Crippen LogP contribution in [0, 0.1) is 0 Å². The van der Waals surface area contributed by atoms with Crippen molar-refractivity contribution in [2.75, 3.05) is 13.1 Å². The lowest BCUT2D eigenvalue weighted by Gasteiger charge is -2.26. The molecule has 0 bridgehead atoms. The van der Waals surface area contributed by atoms with Crippen molar-refractivity contribution < 1.29 is 14.4 Å². The van der Waals surface area contributed by atoms with Gasteiger partial charge in [-0.05, 0) is 64.6 Å². The second-order valence-corrected chi connectivity index (χ2v) is 17.7. The molecule has 1 unspecified atom stereocenters. The molecule has 0 aliphatic carbocycles. The van der Waals surface area contributed by atoms with Gasteiger partial charge in [0.2, 0.25) is 17.7 Å². The number of thiazole rings is 2. The third-order valence-electron chi connectivity index (χ3n) is 11.6. The molecule has 2 aliphatic rings. The summed E-state index contributed by atoms with van der Waals surface area (Å²) >= 11 is 3.30. The van der Waals surface area contributed by atoms with Crippen LogP contribution in [-0.4, -0.2) is 56.8 Å². The number of nitrogens with zero attached hydrogens (tertiary/aromatic N) is 5. The minimum atomic E-state index is -0.674. The number of amides is 3. The minimum Gasteiger partial charge on any atom is -0.333 e. The van der Waals surface area contributed by atoms with E-state index in [9.17, 15) is 14.4 Å². The van der Waals surface area contributed by atoms with Crippen molar-refractivity contribution in [3.05, 3.63) is 179 Å². The first-order valence-corrected chi connectivity index (χ1v) is 22.5. The van der Waals surface area contributed by atoms with Gasteiger partial charge in [0.25, 0.3) is 0 Å². The normalized spacial score (nSPS) is 16.9. The molecule has 4 heterocycles. The van der Waals surface area contributed by atoms with Crippen LogP contribution in [0.2, 0.25) is 0 Å². The van der Waals surface area contributed by atoms with E-state index in [1.165, 1.54) is 6.21 Å². The molecule has 0 spiro atoms. The zero-order chi connectivity index (χ0) is 41.5. The first-order chi connectivity index (χ1) is 30.0. The Kier molecular flexibility index (Phi) is 12.1. The molecule has 3 amide bonds. The maximum atomic E-state index is 14.3. The molecule has 0 N–H and O–H groups in total. The molecule has 5 aromatic carbocycles. The van der Waals surface area contributed by atoms with Crippen LogP contribution < -0.4 is 0 Å². The third kappa shape index (κ3) is 9.21. The Labute approximate surface area is 364 Å². The van der Waals surface area contributed by atoms with Gasteiger partial charge in [-0.25, -0.2) is 15.0 Å². The summed E-state index contributed by atoms with van der Waals surface area (Å²) in [4.78, 5) is 60.4. The molecular weight excluding hydrogens is 795 g/mol. The van der Waals surface area contributed by atoms with Gasteiger partial charge in [0, 0.05) is 31.7 Å². The fourth-order valence-corrected chi connectivity index (χ4v) is 10.5. The number of likely N-dealkylation sites (tertiary alicyclic amines) is 2. The molecule has 2 aliphatic heterocycles. The van der Waals surface area contributed by atoms with E-state index < -0.39 is 5.92 Å². The first kappa shape index (κ1) is 40.1. The number of hydrogen-bond acceptors (Lipinski definition) is 7. The Balaban J connectivity index is 0.849. The van der Waals surface area contributed by atoms with Gasteiger partial charge in [-0.1, -0.05) is 140 Å². The predicted molar refractivity (Wildman–Crippen MR) is 244 cm³/mol. The maximum Gasteiger partial charge on any atom is 0.249 e. The molecule has 7 aromatic rings. The van der Waals surface area contributed by atoms with Crippen LogP contribution in [0.4, 0.5) is 0 Å². The Morgan fingerprint density at radius 2 is 1.05 bits per heavy atom. The van der Waals surface area contributed by atoms with E-state index in [0.29, 0.717) is 13.0 Å². The number of aliphatic imine (C=N–C) groups is 1. The molecule has 61 heavy (non-hydrogen) atoms. The van der Waals surface area contributed by atoms with E-state index in [0.717, 1.165) is 90.9 Å². The lowest BCUT2D eigenvalue weighted by molar-refractivity contribution is -0.132. The molecule has 0 radical (unpaired) electrons. The van der Waals surface area contributed by atoms with Gasteiger partial charge in [0.1, 0.15) is 10.0 Å². The molecule has 10 heteroatoms. The summed E-state index contributed by atoms with van der Waals surface area (Å²) in [5, 5.41) is 1.91. The summed E-state index contributed by atoms with van der Waals surface area (Å²) < 4.78 is 0. The van der Waals surface area contributed by atoms with E-state index >= 15 is 0 Å². The van der Waals surface area contributed by atoms with Crippen LogP contribution in [0.3, 0.4) is 0 Å². The monoisotopic (exact) mass is 839 g/mol. The highest BCUT2D eigenvalue weighted by atomic mass is 32.1. The summed E-state index contributed by atoms with van der Waals surface area (Å²) in [6.07, 6.45) is 9.62. The summed E-state index contributed by atoms with van der Waals surface area (Å²) in [6, 6.07) is 46.1. The van der Waals surface area contributed by atoms with E-state index in [2.05, 4.69) is 53.5 Å². The van der Waals surface area contributed by atoms with Gasteiger partial charge in [0.05, 0.1) is 40.6 Å². The van der Waals surface area contributed by atoms with Crippen LogP contribution in [0.25, 0.3) is 32.0 Å². The Hall–Kier alpha value is -6.36. The highest BCUT2D eigenvalue weighted by molar-refractivity contribution is 7.15. The van der Waals surface area contributed by atoms with Gasteiger partial charge >= 0.3 is 0 Å². The Morgan fingerprint density at radius 1 is 0.590 bits per heavy atom. The maximum absolute atomic E-state index is 14.3. The summed E-state index contributed by atoms with van der Waals surface area (Å²) in [7, 11) is 0. The highest BCUT2D eigenvalue weighted by Gasteiger charge is 2.36. The molecule has 2 saturated heterocycles. The standard InChI is InChI=1S/C51H45N5O3S2/c57-47(30-35-12-4-1-5-13-35)52-32-42(39-16-8-3-9-17-39)51(59)56-29-11-19-44(56)50-54-34-46(61-50)41-26-22-38(23-27-41)37-20-24-40(25-21-37)45-33-53-49(60-45)43-18-10-28-55(43)48(58)31-36-14-6-2-7-15-36/h1-9,12-17,20-27,32-34,42-44H,10-11,18-19,28-31H2/t42?,43-,44-/m0/s1. The van der Waals surface area contributed by atoms with Gasteiger partial charge in [-0.15, -0.1) is 22.7 Å². The summed E-state index contributed by atoms with van der Waals surface area (Å²) in [5.74, 6) is -0.864. The van der Waals surface area contributed by atoms with Gasteiger partial charge in [-0.3, -0.25) is 14.4 Å². The topological polar surface area (TPSA) is 95.8 Å². The van der Waals surface area contributed by atoms with Crippen LogP contribution in [-0.2, 0) is 27.2 Å². The van der Waals surface area contributed by atoms with Crippen molar-refractivity contribution >= 4 is 46.6 Å². The van der Waals surface area contributed by atoms with Crippen LogP contribution in [0.15, 0.2) is 157 Å². The van der Waals surface area contributed by atoms with Crippen LogP contribution in [0.1, 0.15) is 70.4 Å². The third-order valence-corrected chi connectivity index (χ3v) is 13.9. The summed E-state index contributed by atoms with van der Waals surface area (Å²) in [5.41, 5.74) is 7.16. The van der Waals surface area contributed by atoms with Crippen molar-refractivity contribution in [2.45, 2.75) is 56.5 Å². The molecular formula is C51H45N5O3S2. The SMILES string of the molecule is O=C(Cc1ccccc1)N=CC(C(=O)N1CCC[C@H]1c1ncc(-c2ccc(-c3ccc(-c4cnc([C@@H]5CCCN5C(=O)Cc5ccccc5)s4)cc3)cc2)s1)c1ccccc1. The van der Waals surface area contributed by atoms with Crippen molar-refractivity contribution in [3.63, 3.8) is 0 Å². The molecule has 0 saturated carbocycles. The number of aromatic nitrogens is 2. The van der Waals surface area contributed by atoms with Crippen molar-refractivity contribution in [3.8, 4) is 32.0 Å². The number of carbonyl (C=O) groups is 3. The molecule has 9 rings (SSSR count). The summed E-state index contributed by atoms with van der Waals surface area (Å²) in [6.45, 7) is 1.40. The quantitative estimate of drug-likeness (QED) is 0.114. The Bertz CT molecular complexity index is 2630. The second-order valence-electron chi connectivity index (χ2n) is 15.6. The molecule has 2 aromatic heterocycles. The van der Waals surface area contributed by atoms with Crippen LogP contribution >= 0.6 is 22.7 Å².